The smallest absolute Gasteiger partial charge is 0.256 e. The number of nitrogens with zero attached hydrogens (tertiary/aromatic N) is 4. The topological polar surface area (TPSA) is 59.9 Å². The van der Waals surface area contributed by atoms with Crippen LogP contribution < -0.4 is 0 Å². The van der Waals surface area contributed by atoms with Crippen molar-refractivity contribution in [1.82, 2.24) is 19.7 Å². The van der Waals surface area contributed by atoms with Gasteiger partial charge in [0, 0.05) is 50.7 Å². The number of rotatable bonds is 5. The third-order valence-electron chi connectivity index (χ3n) is 4.00. The number of carbonyl (C=O) groups is 1. The van der Waals surface area contributed by atoms with Crippen molar-refractivity contribution < 1.29 is 9.90 Å². The van der Waals surface area contributed by atoms with Crippen molar-refractivity contribution in [3.63, 3.8) is 0 Å². The number of hydrogen-bond acceptors (Lipinski definition) is 5. The van der Waals surface area contributed by atoms with Crippen molar-refractivity contribution in [2.75, 3.05) is 53.4 Å². The molecule has 0 spiro atoms. The average Bonchev–Trinajstić information content (AvgIpc) is 2.78. The minimum atomic E-state index is -1.11. The van der Waals surface area contributed by atoms with Crippen LogP contribution in [0.3, 0.4) is 0 Å². The summed E-state index contributed by atoms with van der Waals surface area (Å²) in [7, 11) is 4.13. The molecule has 1 atom stereocenters. The van der Waals surface area contributed by atoms with Crippen LogP contribution in [-0.2, 0) is 4.79 Å². The second-order valence-electron chi connectivity index (χ2n) is 6.01. The van der Waals surface area contributed by atoms with Gasteiger partial charge in [-0.3, -0.25) is 9.78 Å². The SMILES string of the molecule is CN(C)CCN1CCCN(C(=O)C(O)c2cccnc2)CC1. The van der Waals surface area contributed by atoms with Gasteiger partial charge in [0.15, 0.2) is 6.10 Å². The number of pyridine rings is 1. The summed E-state index contributed by atoms with van der Waals surface area (Å²) >= 11 is 0. The van der Waals surface area contributed by atoms with Crippen molar-refractivity contribution in [3.05, 3.63) is 30.1 Å². The lowest BCUT2D eigenvalue weighted by Gasteiger charge is -2.24. The molecule has 0 radical (unpaired) electrons. The number of likely N-dealkylation sites (N-methyl/N-ethyl adjacent to an activating group) is 1. The van der Waals surface area contributed by atoms with Crippen LogP contribution in [-0.4, -0.2) is 84.1 Å². The minimum Gasteiger partial charge on any atom is -0.378 e. The van der Waals surface area contributed by atoms with Gasteiger partial charge < -0.3 is 19.8 Å². The van der Waals surface area contributed by atoms with Crippen molar-refractivity contribution in [1.29, 1.82) is 0 Å². The van der Waals surface area contributed by atoms with E-state index in [1.54, 1.807) is 29.4 Å². The highest BCUT2D eigenvalue weighted by Gasteiger charge is 2.25. The van der Waals surface area contributed by atoms with Crippen molar-refractivity contribution in [2.45, 2.75) is 12.5 Å². The lowest BCUT2D eigenvalue weighted by molar-refractivity contribution is -0.140. The maximum atomic E-state index is 12.4. The number of amides is 1. The molecule has 1 amide bonds. The summed E-state index contributed by atoms with van der Waals surface area (Å²) in [6.45, 7) is 5.27. The second kappa shape index (κ2) is 8.22. The minimum absolute atomic E-state index is 0.220. The van der Waals surface area contributed by atoms with Gasteiger partial charge in [-0.25, -0.2) is 0 Å². The Bertz CT molecular complexity index is 466. The molecule has 1 N–H and O–H groups in total. The van der Waals surface area contributed by atoms with Crippen molar-refractivity contribution in [2.24, 2.45) is 0 Å². The third-order valence-corrected chi connectivity index (χ3v) is 4.00. The Labute approximate surface area is 132 Å². The molecule has 0 bridgehead atoms. The van der Waals surface area contributed by atoms with Crippen LogP contribution >= 0.6 is 0 Å². The number of aromatic nitrogens is 1. The molecule has 1 saturated heterocycles. The average molecular weight is 306 g/mol. The Morgan fingerprint density at radius 2 is 2.18 bits per heavy atom. The Balaban J connectivity index is 1.89. The summed E-state index contributed by atoms with van der Waals surface area (Å²) < 4.78 is 0. The fourth-order valence-corrected chi connectivity index (χ4v) is 2.61. The number of carbonyl (C=O) groups excluding carboxylic acids is 1. The second-order valence-corrected chi connectivity index (χ2v) is 6.01. The van der Waals surface area contributed by atoms with E-state index in [-0.39, 0.29) is 5.91 Å². The van der Waals surface area contributed by atoms with Gasteiger partial charge in [0.05, 0.1) is 0 Å². The van der Waals surface area contributed by atoms with Gasteiger partial charge in [-0.2, -0.15) is 0 Å². The van der Waals surface area contributed by atoms with E-state index in [2.05, 4.69) is 28.9 Å². The summed E-state index contributed by atoms with van der Waals surface area (Å²) in [5.41, 5.74) is 0.557. The Morgan fingerprint density at radius 1 is 1.36 bits per heavy atom. The van der Waals surface area contributed by atoms with E-state index in [4.69, 9.17) is 0 Å². The lowest BCUT2D eigenvalue weighted by Crippen LogP contribution is -2.39. The van der Waals surface area contributed by atoms with Crippen molar-refractivity contribution in [3.8, 4) is 0 Å². The molecule has 0 saturated carbocycles. The predicted molar refractivity (Wildman–Crippen MR) is 85.4 cm³/mol. The molecule has 1 aliphatic rings. The normalized spacial score (nSPS) is 18.3. The molecule has 1 aromatic rings. The number of aliphatic hydroxyl groups excluding tert-OH is 1. The zero-order valence-corrected chi connectivity index (χ0v) is 13.5. The fourth-order valence-electron chi connectivity index (χ4n) is 2.61. The molecule has 6 nitrogen and oxygen atoms in total. The molecule has 2 rings (SSSR count). The predicted octanol–water partition coefficient (Wildman–Crippen LogP) is 0.211. The van der Waals surface area contributed by atoms with Crippen LogP contribution in [0.2, 0.25) is 0 Å². The quantitative estimate of drug-likeness (QED) is 0.843. The van der Waals surface area contributed by atoms with Gasteiger partial charge in [0.25, 0.3) is 5.91 Å². The Hall–Kier alpha value is -1.50. The molecule has 6 heteroatoms. The van der Waals surface area contributed by atoms with Crippen LogP contribution in [0.5, 0.6) is 0 Å². The first-order valence-electron chi connectivity index (χ1n) is 7.82. The summed E-state index contributed by atoms with van der Waals surface area (Å²) in [5, 5.41) is 10.2. The molecule has 22 heavy (non-hydrogen) atoms. The molecular weight excluding hydrogens is 280 g/mol. The highest BCUT2D eigenvalue weighted by molar-refractivity contribution is 5.82. The first kappa shape index (κ1) is 16.9. The first-order chi connectivity index (χ1) is 10.6. The van der Waals surface area contributed by atoms with Gasteiger partial charge in [-0.05, 0) is 33.1 Å². The summed E-state index contributed by atoms with van der Waals surface area (Å²) in [6.07, 6.45) is 3.01. The molecule has 1 aliphatic heterocycles. The van der Waals surface area contributed by atoms with E-state index in [0.29, 0.717) is 18.7 Å². The molecule has 122 valence electrons. The van der Waals surface area contributed by atoms with E-state index < -0.39 is 6.10 Å². The van der Waals surface area contributed by atoms with E-state index in [1.807, 2.05) is 0 Å². The van der Waals surface area contributed by atoms with E-state index in [9.17, 15) is 9.90 Å². The van der Waals surface area contributed by atoms with Crippen LogP contribution in [0.15, 0.2) is 24.5 Å². The molecule has 1 unspecified atom stereocenters. The summed E-state index contributed by atoms with van der Waals surface area (Å²) in [5.74, 6) is -0.220. The number of aliphatic hydroxyl groups is 1. The highest BCUT2D eigenvalue weighted by Crippen LogP contribution is 2.15. The Kier molecular flexibility index (Phi) is 6.30. The van der Waals surface area contributed by atoms with Crippen LogP contribution in [0.4, 0.5) is 0 Å². The molecule has 1 fully saturated rings. The summed E-state index contributed by atoms with van der Waals surface area (Å²) in [6, 6.07) is 3.47. The molecule has 0 aromatic carbocycles. The van der Waals surface area contributed by atoms with Gasteiger partial charge in [0.1, 0.15) is 0 Å². The standard InChI is InChI=1S/C16H26N4O2/c1-18(2)9-10-19-7-4-8-20(12-11-19)16(22)15(21)14-5-3-6-17-13-14/h3,5-6,13,15,21H,4,7-12H2,1-2H3. The maximum Gasteiger partial charge on any atom is 0.256 e. The zero-order valence-electron chi connectivity index (χ0n) is 13.5. The van der Waals surface area contributed by atoms with Crippen LogP contribution in [0.1, 0.15) is 18.1 Å². The van der Waals surface area contributed by atoms with Crippen molar-refractivity contribution >= 4 is 5.91 Å². The fraction of sp³-hybridized carbons (Fsp3) is 0.625. The molecule has 1 aromatic heterocycles. The monoisotopic (exact) mass is 306 g/mol. The van der Waals surface area contributed by atoms with E-state index in [1.165, 1.54) is 0 Å². The third kappa shape index (κ3) is 4.76. The van der Waals surface area contributed by atoms with Gasteiger partial charge >= 0.3 is 0 Å². The molecule has 0 aliphatic carbocycles. The maximum absolute atomic E-state index is 12.4. The number of hydrogen-bond donors (Lipinski definition) is 1. The van der Waals surface area contributed by atoms with E-state index >= 15 is 0 Å². The van der Waals surface area contributed by atoms with E-state index in [0.717, 1.165) is 32.6 Å². The van der Waals surface area contributed by atoms with Gasteiger partial charge in [-0.15, -0.1) is 0 Å². The lowest BCUT2D eigenvalue weighted by atomic mass is 10.1. The highest BCUT2D eigenvalue weighted by atomic mass is 16.3. The van der Waals surface area contributed by atoms with Gasteiger partial charge in [0.2, 0.25) is 0 Å². The zero-order chi connectivity index (χ0) is 15.9. The van der Waals surface area contributed by atoms with Crippen LogP contribution in [0, 0.1) is 0 Å². The first-order valence-corrected chi connectivity index (χ1v) is 7.82. The largest absolute Gasteiger partial charge is 0.378 e. The molecule has 2 heterocycles. The Morgan fingerprint density at radius 3 is 2.86 bits per heavy atom. The van der Waals surface area contributed by atoms with Gasteiger partial charge in [-0.1, -0.05) is 6.07 Å². The van der Waals surface area contributed by atoms with Crippen LogP contribution in [0.25, 0.3) is 0 Å². The summed E-state index contributed by atoms with van der Waals surface area (Å²) in [4.78, 5) is 22.7. The molecular formula is C16H26N4O2.